The summed E-state index contributed by atoms with van der Waals surface area (Å²) in [6, 6.07) is 1.67. The number of alkyl halides is 5. The summed E-state index contributed by atoms with van der Waals surface area (Å²) in [6.45, 7) is -2.56. The summed E-state index contributed by atoms with van der Waals surface area (Å²) in [7, 11) is 0. The van der Waals surface area contributed by atoms with Crippen molar-refractivity contribution >= 4 is 5.91 Å². The molecule has 0 aliphatic rings. The smallest absolute Gasteiger partial charge is 0.288 e. The molecular formula is C10H8F5NO. The van der Waals surface area contributed by atoms with Crippen LogP contribution in [0.1, 0.15) is 10.4 Å². The van der Waals surface area contributed by atoms with Crippen molar-refractivity contribution < 1.29 is 26.7 Å². The molecule has 0 heterocycles. The van der Waals surface area contributed by atoms with Gasteiger partial charge in [0.05, 0.1) is 0 Å². The topological polar surface area (TPSA) is 29.1 Å². The van der Waals surface area contributed by atoms with Crippen molar-refractivity contribution in [2.24, 2.45) is 0 Å². The summed E-state index contributed by atoms with van der Waals surface area (Å²) in [5, 5.41) is 0.801. The van der Waals surface area contributed by atoms with E-state index in [2.05, 4.69) is 0 Å². The number of amides is 1. The molecular weight excluding hydrogens is 245 g/mol. The van der Waals surface area contributed by atoms with Crippen molar-refractivity contribution in [3.8, 4) is 0 Å². The third-order valence-electron chi connectivity index (χ3n) is 1.93. The molecule has 0 aliphatic carbocycles. The Morgan fingerprint density at radius 3 is 2.12 bits per heavy atom. The normalized spacial score (nSPS) is 12.3. The minimum Gasteiger partial charge on any atom is -0.288 e. The second-order valence-corrected chi connectivity index (χ2v) is 3.23. The van der Waals surface area contributed by atoms with Crippen LogP contribution in [-0.2, 0) is 0 Å². The lowest BCUT2D eigenvalue weighted by atomic mass is 10.2. The van der Waals surface area contributed by atoms with E-state index in [1.807, 2.05) is 0 Å². The number of carbonyl (C=O) groups is 1. The van der Waals surface area contributed by atoms with E-state index in [1.165, 1.54) is 30.3 Å². The van der Waals surface area contributed by atoms with Gasteiger partial charge in [0, 0.05) is 5.56 Å². The molecule has 0 atom stereocenters. The van der Waals surface area contributed by atoms with Gasteiger partial charge in [-0.15, -0.1) is 0 Å². The van der Waals surface area contributed by atoms with Crippen LogP contribution in [0.4, 0.5) is 22.0 Å². The summed E-state index contributed by atoms with van der Waals surface area (Å²) in [4.78, 5) is 11.2. The van der Waals surface area contributed by atoms with Crippen LogP contribution in [0, 0.1) is 0 Å². The van der Waals surface area contributed by atoms with Gasteiger partial charge in [-0.1, -0.05) is 18.2 Å². The molecule has 0 unspecified atom stereocenters. The van der Waals surface area contributed by atoms with Crippen LogP contribution in [0.2, 0.25) is 0 Å². The van der Waals surface area contributed by atoms with E-state index in [-0.39, 0.29) is 5.56 Å². The highest BCUT2D eigenvalue weighted by molar-refractivity contribution is 5.94. The monoisotopic (exact) mass is 253 g/mol. The predicted molar refractivity (Wildman–Crippen MR) is 49.8 cm³/mol. The number of carbonyl (C=O) groups excluding carboxylic acids is 1. The van der Waals surface area contributed by atoms with Crippen molar-refractivity contribution in [1.29, 1.82) is 0 Å². The van der Waals surface area contributed by atoms with E-state index < -0.39 is 24.6 Å². The molecule has 94 valence electrons. The van der Waals surface area contributed by atoms with Gasteiger partial charge < -0.3 is 0 Å². The van der Waals surface area contributed by atoms with Crippen LogP contribution in [0.15, 0.2) is 30.3 Å². The number of benzene rings is 1. The minimum absolute atomic E-state index is 0.221. The average molecular weight is 253 g/mol. The molecule has 1 amide bonds. The van der Waals surface area contributed by atoms with E-state index in [0.29, 0.717) is 0 Å². The van der Waals surface area contributed by atoms with Gasteiger partial charge in [0.2, 0.25) is 0 Å². The van der Waals surface area contributed by atoms with Crippen LogP contribution in [0.5, 0.6) is 0 Å². The molecule has 0 radical (unpaired) electrons. The Morgan fingerprint density at radius 2 is 1.65 bits per heavy atom. The third-order valence-corrected chi connectivity index (χ3v) is 1.93. The van der Waals surface area contributed by atoms with E-state index in [4.69, 9.17) is 0 Å². The van der Waals surface area contributed by atoms with E-state index in [0.717, 1.165) is 5.32 Å². The Hall–Kier alpha value is -1.66. The van der Waals surface area contributed by atoms with Gasteiger partial charge in [0.25, 0.3) is 5.91 Å². The minimum atomic E-state index is -4.94. The van der Waals surface area contributed by atoms with Crippen LogP contribution < -0.4 is 5.32 Å². The van der Waals surface area contributed by atoms with Crippen LogP contribution in [0.25, 0.3) is 0 Å². The third kappa shape index (κ3) is 2.92. The van der Waals surface area contributed by atoms with E-state index >= 15 is 0 Å². The Balaban J connectivity index is 2.82. The van der Waals surface area contributed by atoms with Crippen molar-refractivity contribution in [3.05, 3.63) is 35.9 Å². The summed E-state index contributed by atoms with van der Waals surface area (Å²) in [5.74, 6) is -6.33. The van der Waals surface area contributed by atoms with Crippen molar-refractivity contribution in [3.63, 3.8) is 0 Å². The largest absolute Gasteiger partial charge is 0.391 e. The Morgan fingerprint density at radius 1 is 1.12 bits per heavy atom. The van der Waals surface area contributed by atoms with Crippen molar-refractivity contribution in [2.45, 2.75) is 12.0 Å². The summed E-state index contributed by atoms with van der Waals surface area (Å²) < 4.78 is 62.3. The first-order chi connectivity index (χ1) is 7.80. The number of nitrogens with one attached hydrogen (secondary N) is 1. The first-order valence-corrected chi connectivity index (χ1v) is 4.49. The highest BCUT2D eigenvalue weighted by atomic mass is 19.3. The fraction of sp³-hybridized carbons (Fsp3) is 0.300. The number of hydrogen-bond donors (Lipinski definition) is 1. The first-order valence-electron chi connectivity index (χ1n) is 4.49. The molecule has 1 aromatic rings. The molecule has 1 rings (SSSR count). The molecule has 0 aliphatic heterocycles. The molecule has 7 heteroatoms. The number of hydrogen-bond acceptors (Lipinski definition) is 1. The van der Waals surface area contributed by atoms with Crippen molar-refractivity contribution in [2.75, 3.05) is 6.67 Å². The fourth-order valence-electron chi connectivity index (χ4n) is 0.980. The fourth-order valence-corrected chi connectivity index (χ4v) is 0.980. The summed E-state index contributed by atoms with van der Waals surface area (Å²) in [5.41, 5.74) is -0.221. The second-order valence-electron chi connectivity index (χ2n) is 3.23. The summed E-state index contributed by atoms with van der Waals surface area (Å²) >= 11 is 0. The Labute approximate surface area is 93.4 Å². The number of rotatable bonds is 4. The quantitative estimate of drug-likeness (QED) is 0.648. The molecule has 0 fully saturated rings. The molecule has 0 saturated heterocycles. The van der Waals surface area contributed by atoms with Gasteiger partial charge >= 0.3 is 12.0 Å². The zero-order valence-electron chi connectivity index (χ0n) is 8.39. The van der Waals surface area contributed by atoms with Crippen molar-refractivity contribution in [1.82, 2.24) is 5.32 Å². The van der Waals surface area contributed by atoms with Crippen LogP contribution >= 0.6 is 0 Å². The van der Waals surface area contributed by atoms with E-state index in [9.17, 15) is 26.7 Å². The maximum Gasteiger partial charge on any atom is 0.391 e. The number of halogens is 5. The molecule has 1 N–H and O–H groups in total. The molecule has 0 bridgehead atoms. The van der Waals surface area contributed by atoms with Gasteiger partial charge in [-0.2, -0.15) is 17.6 Å². The van der Waals surface area contributed by atoms with Crippen LogP contribution in [-0.4, -0.2) is 24.6 Å². The predicted octanol–water partition coefficient (Wildman–Crippen LogP) is 2.61. The molecule has 0 saturated carbocycles. The van der Waals surface area contributed by atoms with E-state index in [1.54, 1.807) is 0 Å². The highest BCUT2D eigenvalue weighted by Crippen LogP contribution is 2.32. The second kappa shape index (κ2) is 4.68. The zero-order valence-corrected chi connectivity index (χ0v) is 8.39. The van der Waals surface area contributed by atoms with Crippen LogP contribution in [0.3, 0.4) is 0 Å². The average Bonchev–Trinajstić information content (AvgIpc) is 2.29. The first kappa shape index (κ1) is 13.4. The highest BCUT2D eigenvalue weighted by Gasteiger charge is 2.57. The molecule has 0 spiro atoms. The molecule has 2 nitrogen and oxygen atoms in total. The van der Waals surface area contributed by atoms with Gasteiger partial charge in [-0.3, -0.25) is 10.1 Å². The molecule has 17 heavy (non-hydrogen) atoms. The lowest BCUT2D eigenvalue weighted by Gasteiger charge is -2.24. The summed E-state index contributed by atoms with van der Waals surface area (Å²) in [6.07, 6.45) is 0. The standard InChI is InChI=1S/C10H8F5NO/c11-6-9(12,13)10(14,15)16-8(17)7-4-2-1-3-5-7/h1-5H,6H2,(H,16,17). The lowest BCUT2D eigenvalue weighted by molar-refractivity contribution is -0.225. The van der Waals surface area contributed by atoms with Gasteiger partial charge in [0.15, 0.2) is 6.67 Å². The molecule has 1 aromatic carbocycles. The SMILES string of the molecule is O=C(NC(F)(F)C(F)(F)CF)c1ccccc1. The maximum absolute atomic E-state index is 12.8. The lowest BCUT2D eigenvalue weighted by Crippen LogP contribution is -2.55. The van der Waals surface area contributed by atoms with Gasteiger partial charge in [-0.25, -0.2) is 4.39 Å². The van der Waals surface area contributed by atoms with Gasteiger partial charge in [-0.05, 0) is 12.1 Å². The molecule has 0 aromatic heterocycles. The Kier molecular flexibility index (Phi) is 3.69. The maximum atomic E-state index is 12.8. The zero-order chi connectivity index (χ0) is 13.1. The van der Waals surface area contributed by atoms with Gasteiger partial charge in [0.1, 0.15) is 0 Å². The Bertz CT molecular complexity index is 393.